The number of carboxylic acid groups (broad SMARTS) is 1. The van der Waals surface area contributed by atoms with E-state index in [1.165, 1.54) is 24.3 Å². The molecule has 3 N–H and O–H groups in total. The molecule has 0 bridgehead atoms. The summed E-state index contributed by atoms with van der Waals surface area (Å²) in [6.07, 6.45) is -2.72. The molecule has 0 radical (unpaired) electrons. The van der Waals surface area contributed by atoms with E-state index in [0.29, 0.717) is 36.5 Å². The number of anilines is 1. The van der Waals surface area contributed by atoms with E-state index >= 15 is 0 Å². The second-order valence-corrected chi connectivity index (χ2v) is 8.61. The average molecular weight is 491 g/mol. The van der Waals surface area contributed by atoms with Crippen molar-refractivity contribution in [2.45, 2.75) is 43.9 Å². The Hall–Kier alpha value is -3.62. The molecule has 3 aromatic rings. The molecule has 184 valence electrons. The van der Waals surface area contributed by atoms with Crippen LogP contribution in [0.2, 0.25) is 0 Å². The summed E-state index contributed by atoms with van der Waals surface area (Å²) in [5.41, 5.74) is 6.27. The van der Waals surface area contributed by atoms with Crippen LogP contribution < -0.4 is 10.5 Å². The summed E-state index contributed by atoms with van der Waals surface area (Å²) in [4.78, 5) is 11.5. The minimum absolute atomic E-state index is 0.00190. The van der Waals surface area contributed by atoms with Gasteiger partial charge in [0.1, 0.15) is 24.0 Å². The first kappa shape index (κ1) is 24.5. The maximum Gasteiger partial charge on any atom is 0.416 e. The maximum absolute atomic E-state index is 14.1. The van der Waals surface area contributed by atoms with E-state index in [9.17, 15) is 31.9 Å². The van der Waals surface area contributed by atoms with Crippen LogP contribution in [-0.4, -0.2) is 11.1 Å². The Labute approximate surface area is 198 Å². The normalized spacial score (nSPS) is 18.0. The first-order chi connectivity index (χ1) is 16.5. The van der Waals surface area contributed by atoms with E-state index in [-0.39, 0.29) is 35.1 Å². The molecule has 4 nitrogen and oxygen atoms in total. The molecule has 35 heavy (non-hydrogen) atoms. The molecule has 1 saturated carbocycles. The Kier molecular flexibility index (Phi) is 6.69. The van der Waals surface area contributed by atoms with Crippen LogP contribution in [0.3, 0.4) is 0 Å². The van der Waals surface area contributed by atoms with Crippen molar-refractivity contribution < 1.29 is 36.6 Å². The molecule has 0 aromatic heterocycles. The Morgan fingerprint density at radius 3 is 2.43 bits per heavy atom. The molecular formula is C26H22F5NO3. The Morgan fingerprint density at radius 2 is 1.74 bits per heavy atom. The molecular weight excluding hydrogens is 469 g/mol. The van der Waals surface area contributed by atoms with Crippen molar-refractivity contribution in [3.63, 3.8) is 0 Å². The van der Waals surface area contributed by atoms with Gasteiger partial charge in [-0.3, -0.25) is 0 Å². The molecule has 3 aromatic carbocycles. The van der Waals surface area contributed by atoms with Gasteiger partial charge in [0, 0.05) is 17.3 Å². The summed E-state index contributed by atoms with van der Waals surface area (Å²) in [7, 11) is 0. The molecule has 0 heterocycles. The first-order valence-corrected chi connectivity index (χ1v) is 10.9. The van der Waals surface area contributed by atoms with Crippen molar-refractivity contribution in [3.05, 3.63) is 94.0 Å². The summed E-state index contributed by atoms with van der Waals surface area (Å²) in [6, 6.07) is 10.6. The summed E-state index contributed by atoms with van der Waals surface area (Å²) in [5.74, 6) is -3.27. The van der Waals surface area contributed by atoms with Crippen molar-refractivity contribution in [3.8, 4) is 5.75 Å². The van der Waals surface area contributed by atoms with Crippen molar-refractivity contribution in [1.29, 1.82) is 0 Å². The SMILES string of the molecule is Nc1cc(C(=O)O)cc(C2CCCC2c2cc(C(F)(F)F)ccc2OCc2ccc(F)cc2F)c1. The molecule has 2 atom stereocenters. The Morgan fingerprint density at radius 1 is 1.00 bits per heavy atom. The molecule has 4 rings (SSSR count). The number of carboxylic acids is 1. The van der Waals surface area contributed by atoms with Crippen LogP contribution in [0.15, 0.2) is 54.6 Å². The number of hydrogen-bond donors (Lipinski definition) is 2. The molecule has 1 fully saturated rings. The number of ether oxygens (including phenoxy) is 1. The smallest absolute Gasteiger partial charge is 0.416 e. The van der Waals surface area contributed by atoms with E-state index in [1.54, 1.807) is 6.07 Å². The lowest BCUT2D eigenvalue weighted by Gasteiger charge is -2.25. The van der Waals surface area contributed by atoms with Gasteiger partial charge in [0.15, 0.2) is 0 Å². The number of halogens is 5. The highest BCUT2D eigenvalue weighted by Gasteiger charge is 2.36. The Balaban J connectivity index is 1.72. The second-order valence-electron chi connectivity index (χ2n) is 8.61. The lowest BCUT2D eigenvalue weighted by atomic mass is 9.82. The van der Waals surface area contributed by atoms with Crippen LogP contribution in [0.5, 0.6) is 5.75 Å². The second kappa shape index (κ2) is 9.56. The fourth-order valence-electron chi connectivity index (χ4n) is 4.69. The minimum Gasteiger partial charge on any atom is -0.489 e. The summed E-state index contributed by atoms with van der Waals surface area (Å²) in [5, 5.41) is 9.39. The van der Waals surface area contributed by atoms with Gasteiger partial charge in [0.2, 0.25) is 0 Å². The maximum atomic E-state index is 14.1. The monoisotopic (exact) mass is 491 g/mol. The molecule has 0 aliphatic heterocycles. The first-order valence-electron chi connectivity index (χ1n) is 10.9. The predicted octanol–water partition coefficient (Wildman–Crippen LogP) is 6.89. The van der Waals surface area contributed by atoms with Crippen LogP contribution in [0.25, 0.3) is 0 Å². The van der Waals surface area contributed by atoms with E-state index in [0.717, 1.165) is 18.2 Å². The molecule has 0 spiro atoms. The standard InChI is InChI=1S/C26H22F5NO3/c27-18-6-4-14(23(28)12-18)13-35-24-7-5-17(26(29,30)31)11-22(24)21-3-1-2-20(21)15-8-16(25(33)34)10-19(32)9-15/h4-12,20-21H,1-3,13,32H2,(H,33,34). The average Bonchev–Trinajstić information content (AvgIpc) is 3.27. The van der Waals surface area contributed by atoms with E-state index < -0.39 is 35.3 Å². The Bertz CT molecular complexity index is 1260. The lowest BCUT2D eigenvalue weighted by molar-refractivity contribution is -0.137. The predicted molar refractivity (Wildman–Crippen MR) is 119 cm³/mol. The van der Waals surface area contributed by atoms with Crippen molar-refractivity contribution >= 4 is 11.7 Å². The van der Waals surface area contributed by atoms with Gasteiger partial charge in [0.25, 0.3) is 0 Å². The molecule has 9 heteroatoms. The van der Waals surface area contributed by atoms with Gasteiger partial charge in [-0.25, -0.2) is 13.6 Å². The zero-order chi connectivity index (χ0) is 25.3. The summed E-state index contributed by atoms with van der Waals surface area (Å²) < 4.78 is 73.6. The van der Waals surface area contributed by atoms with Gasteiger partial charge in [-0.2, -0.15) is 13.2 Å². The number of rotatable bonds is 6. The van der Waals surface area contributed by atoms with E-state index in [1.807, 2.05) is 0 Å². The number of carbonyl (C=O) groups is 1. The van der Waals surface area contributed by atoms with Gasteiger partial charge in [-0.05, 0) is 84.3 Å². The number of nitrogen functional groups attached to an aromatic ring is 1. The fourth-order valence-corrected chi connectivity index (χ4v) is 4.69. The minimum atomic E-state index is -4.59. The molecule has 1 aliphatic carbocycles. The topological polar surface area (TPSA) is 72.6 Å². The zero-order valence-corrected chi connectivity index (χ0v) is 18.4. The van der Waals surface area contributed by atoms with Crippen LogP contribution in [-0.2, 0) is 12.8 Å². The van der Waals surface area contributed by atoms with Crippen molar-refractivity contribution in [1.82, 2.24) is 0 Å². The van der Waals surface area contributed by atoms with Crippen molar-refractivity contribution in [2.24, 2.45) is 0 Å². The zero-order valence-electron chi connectivity index (χ0n) is 18.4. The van der Waals surface area contributed by atoms with Crippen molar-refractivity contribution in [2.75, 3.05) is 5.73 Å². The van der Waals surface area contributed by atoms with Gasteiger partial charge in [0.05, 0.1) is 11.1 Å². The van der Waals surface area contributed by atoms with Gasteiger partial charge < -0.3 is 15.6 Å². The largest absolute Gasteiger partial charge is 0.489 e. The van der Waals surface area contributed by atoms with Gasteiger partial charge >= 0.3 is 12.1 Å². The number of alkyl halides is 3. The number of aromatic carboxylic acids is 1. The third-order valence-corrected chi connectivity index (χ3v) is 6.30. The summed E-state index contributed by atoms with van der Waals surface area (Å²) in [6.45, 7) is -0.302. The molecule has 0 amide bonds. The number of benzene rings is 3. The van der Waals surface area contributed by atoms with Crippen LogP contribution >= 0.6 is 0 Å². The molecule has 1 aliphatic rings. The highest BCUT2D eigenvalue weighted by atomic mass is 19.4. The highest BCUT2D eigenvalue weighted by molar-refractivity contribution is 5.89. The lowest BCUT2D eigenvalue weighted by Crippen LogP contribution is -2.12. The third kappa shape index (κ3) is 5.39. The fraction of sp³-hybridized carbons (Fsp3) is 0.269. The van der Waals surface area contributed by atoms with Crippen LogP contribution in [0, 0.1) is 11.6 Å². The highest BCUT2D eigenvalue weighted by Crippen LogP contribution is 2.50. The third-order valence-electron chi connectivity index (χ3n) is 6.30. The van der Waals surface area contributed by atoms with Gasteiger partial charge in [-0.15, -0.1) is 0 Å². The number of hydrogen-bond acceptors (Lipinski definition) is 3. The quantitative estimate of drug-likeness (QED) is 0.291. The van der Waals surface area contributed by atoms with Gasteiger partial charge in [-0.1, -0.05) is 6.42 Å². The molecule has 2 unspecified atom stereocenters. The van der Waals surface area contributed by atoms with E-state index in [2.05, 4.69) is 0 Å². The van der Waals surface area contributed by atoms with E-state index in [4.69, 9.17) is 10.5 Å². The summed E-state index contributed by atoms with van der Waals surface area (Å²) >= 11 is 0. The molecule has 0 saturated heterocycles. The van der Waals surface area contributed by atoms with Crippen LogP contribution in [0.4, 0.5) is 27.6 Å². The van der Waals surface area contributed by atoms with Crippen LogP contribution in [0.1, 0.15) is 63.7 Å². The number of nitrogens with two attached hydrogens (primary N) is 1.